The van der Waals surface area contributed by atoms with Crippen LogP contribution in [0.4, 0.5) is 0 Å². The molecule has 0 aliphatic carbocycles. The van der Waals surface area contributed by atoms with E-state index in [1.54, 1.807) is 0 Å². The fourth-order valence-corrected chi connectivity index (χ4v) is 3.59. The van der Waals surface area contributed by atoms with Crippen molar-refractivity contribution in [2.45, 2.75) is 36.6 Å². The number of benzene rings is 1. The third-order valence-corrected chi connectivity index (χ3v) is 4.72. The van der Waals surface area contributed by atoms with Crippen LogP contribution in [-0.4, -0.2) is 18.8 Å². The summed E-state index contributed by atoms with van der Waals surface area (Å²) in [6.07, 6.45) is 7.32. The van der Waals surface area contributed by atoms with Gasteiger partial charge in [0.05, 0.1) is 0 Å². The summed E-state index contributed by atoms with van der Waals surface area (Å²) in [6.45, 7) is 1.18. The Morgan fingerprint density at radius 1 is 1.44 bits per heavy atom. The Morgan fingerprint density at radius 2 is 2.31 bits per heavy atom. The lowest BCUT2D eigenvalue weighted by Gasteiger charge is -2.24. The molecule has 1 unspecified atom stereocenters. The molecule has 88 valence electrons. The Balaban J connectivity index is 2.12. The van der Waals surface area contributed by atoms with Gasteiger partial charge in [-0.2, -0.15) is 0 Å². The number of rotatable bonds is 3. The maximum absolute atomic E-state index is 3.67. The van der Waals surface area contributed by atoms with Crippen molar-refractivity contribution in [1.29, 1.82) is 0 Å². The quantitative estimate of drug-likeness (QED) is 0.851. The lowest BCUT2D eigenvalue weighted by Crippen LogP contribution is -2.35. The molecule has 0 saturated carbocycles. The predicted octanol–water partition coefficient (Wildman–Crippen LogP) is 3.86. The highest BCUT2D eigenvalue weighted by molar-refractivity contribution is 9.10. The zero-order valence-electron chi connectivity index (χ0n) is 9.63. The van der Waals surface area contributed by atoms with Crippen molar-refractivity contribution in [2.75, 3.05) is 12.8 Å². The van der Waals surface area contributed by atoms with Crippen LogP contribution in [-0.2, 0) is 6.42 Å². The molecule has 1 saturated heterocycles. The monoisotopic (exact) mass is 299 g/mol. The molecule has 1 aliphatic heterocycles. The second-order valence-corrected chi connectivity index (χ2v) is 5.97. The van der Waals surface area contributed by atoms with Gasteiger partial charge in [0, 0.05) is 15.4 Å². The largest absolute Gasteiger partial charge is 0.314 e. The van der Waals surface area contributed by atoms with Crippen LogP contribution in [0.25, 0.3) is 0 Å². The molecule has 1 heterocycles. The summed E-state index contributed by atoms with van der Waals surface area (Å²) >= 11 is 5.51. The van der Waals surface area contributed by atoms with E-state index in [-0.39, 0.29) is 0 Å². The van der Waals surface area contributed by atoms with Crippen LogP contribution in [0.15, 0.2) is 27.6 Å². The highest BCUT2D eigenvalue weighted by Crippen LogP contribution is 2.29. The van der Waals surface area contributed by atoms with Gasteiger partial charge in [0.1, 0.15) is 0 Å². The lowest BCUT2D eigenvalue weighted by atomic mass is 9.98. The molecular weight excluding hydrogens is 282 g/mol. The van der Waals surface area contributed by atoms with Crippen LogP contribution >= 0.6 is 27.7 Å². The summed E-state index contributed by atoms with van der Waals surface area (Å²) in [4.78, 5) is 1.40. The summed E-state index contributed by atoms with van der Waals surface area (Å²) < 4.78 is 1.26. The third kappa shape index (κ3) is 3.02. The number of nitrogens with one attached hydrogen (secondary N) is 1. The van der Waals surface area contributed by atoms with E-state index in [0.717, 1.165) is 6.42 Å². The molecule has 1 aromatic rings. The van der Waals surface area contributed by atoms with Gasteiger partial charge in [-0.15, -0.1) is 11.8 Å². The number of piperidine rings is 1. The zero-order chi connectivity index (χ0) is 11.4. The summed E-state index contributed by atoms with van der Waals surface area (Å²) in [6, 6.07) is 7.15. The lowest BCUT2D eigenvalue weighted by molar-refractivity contribution is 0.397. The normalized spacial score (nSPS) is 21.0. The fourth-order valence-electron chi connectivity index (χ4n) is 2.27. The predicted molar refractivity (Wildman–Crippen MR) is 75.3 cm³/mol. The molecule has 3 heteroatoms. The van der Waals surface area contributed by atoms with Crippen LogP contribution in [0.1, 0.15) is 24.8 Å². The van der Waals surface area contributed by atoms with Crippen molar-refractivity contribution in [3.63, 3.8) is 0 Å². The first kappa shape index (κ1) is 12.5. The maximum Gasteiger partial charge on any atom is 0.0219 e. The molecule has 1 fully saturated rings. The number of thioether (sulfide) groups is 1. The number of hydrogen-bond acceptors (Lipinski definition) is 2. The fraction of sp³-hybridized carbons (Fsp3) is 0.538. The van der Waals surface area contributed by atoms with Crippen molar-refractivity contribution in [3.05, 3.63) is 28.2 Å². The molecule has 2 rings (SSSR count). The van der Waals surface area contributed by atoms with Crippen molar-refractivity contribution in [1.82, 2.24) is 5.32 Å². The summed E-state index contributed by atoms with van der Waals surface area (Å²) in [5.41, 5.74) is 1.47. The van der Waals surface area contributed by atoms with Gasteiger partial charge < -0.3 is 5.32 Å². The maximum atomic E-state index is 3.67. The van der Waals surface area contributed by atoms with E-state index in [0.29, 0.717) is 6.04 Å². The first-order chi connectivity index (χ1) is 7.81. The molecule has 1 atom stereocenters. The minimum absolute atomic E-state index is 0.665. The Morgan fingerprint density at radius 3 is 3.00 bits per heavy atom. The first-order valence-electron chi connectivity index (χ1n) is 5.86. The van der Waals surface area contributed by atoms with E-state index in [1.807, 2.05) is 11.8 Å². The van der Waals surface area contributed by atoms with Crippen molar-refractivity contribution >= 4 is 27.7 Å². The van der Waals surface area contributed by atoms with Crippen LogP contribution in [0, 0.1) is 0 Å². The van der Waals surface area contributed by atoms with E-state index in [2.05, 4.69) is 45.7 Å². The van der Waals surface area contributed by atoms with Crippen LogP contribution in [0.2, 0.25) is 0 Å². The summed E-state index contributed by atoms with van der Waals surface area (Å²) in [5.74, 6) is 0. The van der Waals surface area contributed by atoms with E-state index in [4.69, 9.17) is 0 Å². The molecule has 16 heavy (non-hydrogen) atoms. The summed E-state index contributed by atoms with van der Waals surface area (Å²) in [5, 5.41) is 3.62. The summed E-state index contributed by atoms with van der Waals surface area (Å²) in [7, 11) is 0. The van der Waals surface area contributed by atoms with Crippen molar-refractivity contribution in [3.8, 4) is 0 Å². The molecule has 0 bridgehead atoms. The topological polar surface area (TPSA) is 12.0 Å². The van der Waals surface area contributed by atoms with E-state index in [1.165, 1.54) is 40.7 Å². The molecule has 0 aromatic heterocycles. The van der Waals surface area contributed by atoms with Crippen LogP contribution in [0.5, 0.6) is 0 Å². The molecule has 1 aromatic carbocycles. The molecule has 1 aliphatic rings. The van der Waals surface area contributed by atoms with Crippen molar-refractivity contribution in [2.24, 2.45) is 0 Å². The van der Waals surface area contributed by atoms with Gasteiger partial charge in [0.15, 0.2) is 0 Å². The van der Waals surface area contributed by atoms with Gasteiger partial charge >= 0.3 is 0 Å². The molecule has 0 radical (unpaired) electrons. The van der Waals surface area contributed by atoms with Gasteiger partial charge in [0.25, 0.3) is 0 Å². The second kappa shape index (κ2) is 6.08. The highest BCUT2D eigenvalue weighted by atomic mass is 79.9. The van der Waals surface area contributed by atoms with Crippen molar-refractivity contribution < 1.29 is 0 Å². The van der Waals surface area contributed by atoms with E-state index in [9.17, 15) is 0 Å². The van der Waals surface area contributed by atoms with Gasteiger partial charge in [-0.05, 0) is 49.8 Å². The molecule has 1 N–H and O–H groups in total. The Labute approximate surface area is 111 Å². The molecule has 0 spiro atoms. The first-order valence-corrected chi connectivity index (χ1v) is 7.88. The van der Waals surface area contributed by atoms with E-state index >= 15 is 0 Å². The zero-order valence-corrected chi connectivity index (χ0v) is 12.0. The third-order valence-electron chi connectivity index (χ3n) is 3.16. The smallest absolute Gasteiger partial charge is 0.0219 e. The number of hydrogen-bond donors (Lipinski definition) is 1. The SMILES string of the molecule is CSc1cccc(Br)c1CC1CCCCN1. The molecule has 0 amide bonds. The van der Waals surface area contributed by atoms with Crippen LogP contribution in [0.3, 0.4) is 0 Å². The minimum atomic E-state index is 0.665. The minimum Gasteiger partial charge on any atom is -0.314 e. The standard InChI is InChI=1S/C13H18BrNS/c1-16-13-7-4-6-12(14)11(13)9-10-5-2-3-8-15-10/h4,6-7,10,15H,2-3,5,8-9H2,1H3. The highest BCUT2D eigenvalue weighted by Gasteiger charge is 2.16. The van der Waals surface area contributed by atoms with Gasteiger partial charge in [0.2, 0.25) is 0 Å². The Bertz CT molecular complexity index is 348. The average molecular weight is 300 g/mol. The Hall–Kier alpha value is 0.01000. The number of halogens is 1. The van der Waals surface area contributed by atoms with Gasteiger partial charge in [-0.25, -0.2) is 0 Å². The Kier molecular flexibility index (Phi) is 4.74. The van der Waals surface area contributed by atoms with Gasteiger partial charge in [-0.3, -0.25) is 0 Å². The van der Waals surface area contributed by atoms with Gasteiger partial charge in [-0.1, -0.05) is 28.4 Å². The molecule has 1 nitrogen and oxygen atoms in total. The second-order valence-electron chi connectivity index (χ2n) is 4.27. The average Bonchev–Trinajstić information content (AvgIpc) is 2.33. The van der Waals surface area contributed by atoms with Crippen LogP contribution < -0.4 is 5.32 Å². The molecular formula is C13H18BrNS. The van der Waals surface area contributed by atoms with E-state index < -0.39 is 0 Å².